The topological polar surface area (TPSA) is 26.0 Å². The summed E-state index contributed by atoms with van der Waals surface area (Å²) in [5.41, 5.74) is 4.50. The molecule has 0 heterocycles. The lowest BCUT2D eigenvalue weighted by Gasteiger charge is -1.97. The zero-order chi connectivity index (χ0) is 10.9. The first-order valence-electron chi connectivity index (χ1n) is 5.11. The molecule has 0 amide bonds. The Bertz CT molecular complexity index is 321. The van der Waals surface area contributed by atoms with Crippen LogP contribution in [-0.4, -0.2) is 22.3 Å². The number of benzene rings is 2. The fourth-order valence-electron chi connectivity index (χ4n) is 1.43. The van der Waals surface area contributed by atoms with Gasteiger partial charge in [0.15, 0.2) is 0 Å². The molecule has 0 aliphatic rings. The van der Waals surface area contributed by atoms with Gasteiger partial charge < -0.3 is 5.73 Å². The molecule has 0 saturated carbocycles. The van der Waals surface area contributed by atoms with Crippen molar-refractivity contribution in [3.05, 3.63) is 60.7 Å². The standard InChI is InChI=1S/2C6H5.CH5N.Al.H/c2*1-2-4-6-5-3-1;1-2;;/h2*1-5H;2H2,1H3;;. The van der Waals surface area contributed by atoms with Gasteiger partial charge in [0.25, 0.3) is 0 Å². The maximum atomic E-state index is 4.50. The monoisotopic (exact) mass is 213 g/mol. The summed E-state index contributed by atoms with van der Waals surface area (Å²) in [6.07, 6.45) is 0. The summed E-state index contributed by atoms with van der Waals surface area (Å²) in [5.74, 6) is 0. The minimum atomic E-state index is -0.234. The highest BCUT2D eigenvalue weighted by molar-refractivity contribution is 6.67. The zero-order valence-corrected chi connectivity index (χ0v) is 10.5. The number of hydrogen-bond donors (Lipinski definition) is 1. The normalized spacial score (nSPS) is 8.67. The van der Waals surface area contributed by atoms with Gasteiger partial charge in [-0.05, 0) is 7.05 Å². The first kappa shape index (κ1) is 12.0. The van der Waals surface area contributed by atoms with Crippen molar-refractivity contribution >= 4 is 24.1 Å². The van der Waals surface area contributed by atoms with Crippen LogP contribution in [0.4, 0.5) is 0 Å². The Labute approximate surface area is 97.7 Å². The SMILES string of the molecule is CN.c1cc[c]([AlH][c]2ccccc2)cc1. The summed E-state index contributed by atoms with van der Waals surface area (Å²) in [4.78, 5) is 0. The summed E-state index contributed by atoms with van der Waals surface area (Å²) in [7, 11) is 1.50. The van der Waals surface area contributed by atoms with Crippen LogP contribution in [0.2, 0.25) is 0 Å². The van der Waals surface area contributed by atoms with Crippen molar-refractivity contribution < 1.29 is 0 Å². The molecule has 2 rings (SSSR count). The van der Waals surface area contributed by atoms with Crippen molar-refractivity contribution in [3.8, 4) is 0 Å². The number of hydrogen-bond acceptors (Lipinski definition) is 1. The first-order chi connectivity index (χ1) is 7.45. The lowest BCUT2D eigenvalue weighted by Crippen LogP contribution is -2.26. The summed E-state index contributed by atoms with van der Waals surface area (Å²) in [6, 6.07) is 21.5. The molecule has 0 fully saturated rings. The van der Waals surface area contributed by atoms with Crippen molar-refractivity contribution in [2.24, 2.45) is 5.73 Å². The fourth-order valence-corrected chi connectivity index (χ4v) is 2.91. The molecule has 76 valence electrons. The van der Waals surface area contributed by atoms with Crippen molar-refractivity contribution in [1.29, 1.82) is 0 Å². The molecule has 0 radical (unpaired) electrons. The summed E-state index contributed by atoms with van der Waals surface area (Å²) >= 11 is -0.234. The van der Waals surface area contributed by atoms with Gasteiger partial charge in [-0.15, -0.1) is 8.85 Å². The van der Waals surface area contributed by atoms with E-state index in [0.717, 1.165) is 0 Å². The second-order valence-electron chi connectivity index (χ2n) is 3.15. The maximum Gasteiger partial charge on any atom is 0.323 e. The second-order valence-corrected chi connectivity index (χ2v) is 5.13. The molecule has 2 heteroatoms. The van der Waals surface area contributed by atoms with Crippen LogP contribution in [0, 0.1) is 0 Å². The molecule has 0 aromatic heterocycles. The predicted molar refractivity (Wildman–Crippen MR) is 69.4 cm³/mol. The third-order valence-corrected chi connectivity index (χ3v) is 3.85. The van der Waals surface area contributed by atoms with Crippen LogP contribution in [0.5, 0.6) is 0 Å². The lowest BCUT2D eigenvalue weighted by molar-refractivity contribution is 1.48. The van der Waals surface area contributed by atoms with E-state index in [1.54, 1.807) is 0 Å². The van der Waals surface area contributed by atoms with Crippen LogP contribution in [0.25, 0.3) is 0 Å². The molecule has 0 aliphatic heterocycles. The number of nitrogens with two attached hydrogens (primary N) is 1. The van der Waals surface area contributed by atoms with E-state index in [9.17, 15) is 0 Å². The van der Waals surface area contributed by atoms with Crippen LogP contribution in [0.3, 0.4) is 0 Å². The van der Waals surface area contributed by atoms with Crippen LogP contribution < -0.4 is 14.6 Å². The maximum absolute atomic E-state index is 4.50. The van der Waals surface area contributed by atoms with E-state index in [2.05, 4.69) is 66.4 Å². The van der Waals surface area contributed by atoms with Gasteiger partial charge in [0.05, 0.1) is 0 Å². The first-order valence-corrected chi connectivity index (χ1v) is 6.52. The molecule has 0 aliphatic carbocycles. The van der Waals surface area contributed by atoms with Crippen LogP contribution in [0.15, 0.2) is 60.7 Å². The fraction of sp³-hybridized carbons (Fsp3) is 0.0769. The molecule has 15 heavy (non-hydrogen) atoms. The Morgan fingerprint density at radius 3 is 1.33 bits per heavy atom. The van der Waals surface area contributed by atoms with Crippen LogP contribution in [-0.2, 0) is 0 Å². The molecule has 1 nitrogen and oxygen atoms in total. The van der Waals surface area contributed by atoms with Crippen molar-refractivity contribution in [2.75, 3.05) is 7.05 Å². The molecule has 0 atom stereocenters. The van der Waals surface area contributed by atoms with Gasteiger partial charge in [0.1, 0.15) is 0 Å². The Morgan fingerprint density at radius 1 is 0.667 bits per heavy atom. The summed E-state index contributed by atoms with van der Waals surface area (Å²) < 4.78 is 3.02. The smallest absolute Gasteiger partial charge is 0.323 e. The molecule has 0 unspecified atom stereocenters. The van der Waals surface area contributed by atoms with Crippen LogP contribution in [0.1, 0.15) is 0 Å². The lowest BCUT2D eigenvalue weighted by atomic mass is 10.4. The molecule has 2 aromatic rings. The third-order valence-electron chi connectivity index (χ3n) is 2.09. The largest absolute Gasteiger partial charge is 0.333 e. The zero-order valence-electron chi connectivity index (χ0n) is 9.06. The highest BCUT2D eigenvalue weighted by Crippen LogP contribution is 1.84. The van der Waals surface area contributed by atoms with Crippen LogP contribution >= 0.6 is 0 Å². The molecular formula is C13H16AlN. The highest BCUT2D eigenvalue weighted by atomic mass is 27.1. The Balaban J connectivity index is 0.000000531. The Kier molecular flexibility index (Phi) is 5.81. The van der Waals surface area contributed by atoms with E-state index in [1.165, 1.54) is 15.9 Å². The van der Waals surface area contributed by atoms with Gasteiger partial charge in [-0.25, -0.2) is 0 Å². The van der Waals surface area contributed by atoms with E-state index in [4.69, 9.17) is 0 Å². The molecule has 2 aromatic carbocycles. The van der Waals surface area contributed by atoms with E-state index >= 15 is 0 Å². The Hall–Kier alpha value is -1.07. The van der Waals surface area contributed by atoms with E-state index in [0.29, 0.717) is 0 Å². The average molecular weight is 213 g/mol. The van der Waals surface area contributed by atoms with E-state index < -0.39 is 0 Å². The Morgan fingerprint density at radius 2 is 1.00 bits per heavy atom. The van der Waals surface area contributed by atoms with Gasteiger partial charge in [0.2, 0.25) is 0 Å². The summed E-state index contributed by atoms with van der Waals surface area (Å²) in [6.45, 7) is 0. The molecular weight excluding hydrogens is 197 g/mol. The van der Waals surface area contributed by atoms with E-state index in [1.807, 2.05) is 0 Å². The second kappa shape index (κ2) is 7.25. The highest BCUT2D eigenvalue weighted by Gasteiger charge is 1.97. The molecule has 0 bridgehead atoms. The van der Waals surface area contributed by atoms with Crippen molar-refractivity contribution in [2.45, 2.75) is 0 Å². The van der Waals surface area contributed by atoms with Crippen molar-refractivity contribution in [1.82, 2.24) is 0 Å². The third kappa shape index (κ3) is 4.31. The minimum absolute atomic E-state index is 0.234. The van der Waals surface area contributed by atoms with Gasteiger partial charge in [-0.1, -0.05) is 60.7 Å². The van der Waals surface area contributed by atoms with E-state index in [-0.39, 0.29) is 15.2 Å². The molecule has 2 N–H and O–H groups in total. The van der Waals surface area contributed by atoms with Gasteiger partial charge >= 0.3 is 15.2 Å². The quantitative estimate of drug-likeness (QED) is 0.728. The summed E-state index contributed by atoms with van der Waals surface area (Å²) in [5, 5.41) is 0. The van der Waals surface area contributed by atoms with Gasteiger partial charge in [-0.2, -0.15) is 0 Å². The minimum Gasteiger partial charge on any atom is -0.333 e. The molecule has 0 saturated heterocycles. The van der Waals surface area contributed by atoms with Gasteiger partial charge in [-0.3, -0.25) is 0 Å². The average Bonchev–Trinajstić information content (AvgIpc) is 2.34. The van der Waals surface area contributed by atoms with Crippen molar-refractivity contribution in [3.63, 3.8) is 0 Å². The van der Waals surface area contributed by atoms with Gasteiger partial charge in [0, 0.05) is 0 Å². The molecule has 0 spiro atoms. The predicted octanol–water partition coefficient (Wildman–Crippen LogP) is 0.649. The number of rotatable bonds is 2.